The number of nitrogens with zero attached hydrogens (tertiary/aromatic N) is 3. The zero-order valence-electron chi connectivity index (χ0n) is 21.6. The first-order chi connectivity index (χ1) is 18.0. The molecule has 0 spiro atoms. The molecule has 0 aromatic heterocycles. The maximum atomic E-state index is 13.5. The molecule has 2 aliphatic heterocycles. The first-order valence-corrected chi connectivity index (χ1v) is 13.8. The lowest BCUT2D eigenvalue weighted by atomic mass is 10.1. The Morgan fingerprint density at radius 2 is 1.70 bits per heavy atom. The van der Waals surface area contributed by atoms with E-state index >= 15 is 0 Å². The van der Waals surface area contributed by atoms with E-state index in [0.717, 1.165) is 31.4 Å². The van der Waals surface area contributed by atoms with Crippen LogP contribution in [0.4, 0.5) is 10.1 Å². The van der Waals surface area contributed by atoms with Crippen LogP contribution >= 0.6 is 12.2 Å². The molecule has 37 heavy (non-hydrogen) atoms. The van der Waals surface area contributed by atoms with E-state index in [1.54, 1.807) is 12.1 Å². The number of hydrogen-bond acceptors (Lipinski definition) is 4. The molecule has 198 valence electrons. The molecule has 1 unspecified atom stereocenters. The fraction of sp³-hybridized carbons (Fsp3) is 0.483. The van der Waals surface area contributed by atoms with Crippen LogP contribution in [0.5, 0.6) is 0 Å². The molecule has 8 heteroatoms. The molecule has 2 aliphatic rings. The van der Waals surface area contributed by atoms with Crippen molar-refractivity contribution < 1.29 is 14.0 Å². The van der Waals surface area contributed by atoms with Crippen LogP contribution in [-0.2, 0) is 22.6 Å². The average molecular weight is 525 g/mol. The lowest BCUT2D eigenvalue weighted by Gasteiger charge is -2.24. The number of nitrogens with one attached hydrogen (secondary N) is 1. The molecule has 2 aromatic rings. The first-order valence-electron chi connectivity index (χ1n) is 13.4. The predicted octanol–water partition coefficient (Wildman–Crippen LogP) is 4.66. The topological polar surface area (TPSA) is 55.9 Å². The van der Waals surface area contributed by atoms with Gasteiger partial charge in [-0.1, -0.05) is 44.0 Å². The highest BCUT2D eigenvalue weighted by Crippen LogP contribution is 2.28. The van der Waals surface area contributed by atoms with Gasteiger partial charge in [0.2, 0.25) is 5.91 Å². The maximum absolute atomic E-state index is 13.5. The smallest absolute Gasteiger partial charge is 0.256 e. The Hall–Kier alpha value is -2.84. The molecule has 4 rings (SSSR count). The van der Waals surface area contributed by atoms with Crippen molar-refractivity contribution in [1.82, 2.24) is 15.1 Å². The number of likely N-dealkylation sites (tertiary alicyclic amines) is 1. The first kappa shape index (κ1) is 27.2. The van der Waals surface area contributed by atoms with Gasteiger partial charge in [-0.3, -0.25) is 19.4 Å². The summed E-state index contributed by atoms with van der Waals surface area (Å²) in [6.45, 7) is 6.54. The van der Waals surface area contributed by atoms with Crippen molar-refractivity contribution in [2.45, 2.75) is 64.5 Å². The number of benzene rings is 2. The highest BCUT2D eigenvalue weighted by Gasteiger charge is 2.43. The third kappa shape index (κ3) is 7.14. The van der Waals surface area contributed by atoms with E-state index in [0.29, 0.717) is 30.3 Å². The Balaban J connectivity index is 1.43. The molecule has 0 saturated carbocycles. The van der Waals surface area contributed by atoms with E-state index in [4.69, 9.17) is 12.2 Å². The number of thiocarbonyl (C=S) groups is 1. The summed E-state index contributed by atoms with van der Waals surface area (Å²) in [5.74, 6) is -0.787. The molecular formula is C29H37FN4O2S. The van der Waals surface area contributed by atoms with Crippen LogP contribution in [0.2, 0.25) is 0 Å². The zero-order valence-corrected chi connectivity index (χ0v) is 22.4. The third-order valence-electron chi connectivity index (χ3n) is 7.15. The molecule has 2 fully saturated rings. The van der Waals surface area contributed by atoms with Gasteiger partial charge in [0.25, 0.3) is 5.91 Å². The van der Waals surface area contributed by atoms with Crippen molar-refractivity contribution in [2.75, 3.05) is 31.1 Å². The molecule has 2 amide bonds. The standard InChI is InChI=1S/C29H37FN4O2S/c1-2-3-4-16-31-27(35)20-26-28(36)34(25-13-11-24(30)12-14-25)29(37)33(26)19-15-22-7-9-23(10-8-22)21-32-17-5-6-18-32/h7-14,26H,2-6,15-21H2,1H3,(H,31,35). The minimum absolute atomic E-state index is 0.0393. The van der Waals surface area contributed by atoms with Gasteiger partial charge in [0, 0.05) is 19.6 Å². The minimum atomic E-state index is -0.682. The summed E-state index contributed by atoms with van der Waals surface area (Å²) >= 11 is 5.72. The highest BCUT2D eigenvalue weighted by atomic mass is 32.1. The number of hydrogen-bond donors (Lipinski definition) is 1. The van der Waals surface area contributed by atoms with Gasteiger partial charge < -0.3 is 10.2 Å². The molecule has 0 radical (unpaired) electrons. The quantitative estimate of drug-likeness (QED) is 0.323. The Bertz CT molecular complexity index is 1070. The highest BCUT2D eigenvalue weighted by molar-refractivity contribution is 7.80. The molecule has 0 bridgehead atoms. The summed E-state index contributed by atoms with van der Waals surface area (Å²) in [5.41, 5.74) is 2.97. The van der Waals surface area contributed by atoms with Gasteiger partial charge in [-0.05, 0) is 86.4 Å². The number of anilines is 1. The maximum Gasteiger partial charge on any atom is 0.256 e. The van der Waals surface area contributed by atoms with Crippen molar-refractivity contribution in [1.29, 1.82) is 0 Å². The number of rotatable bonds is 12. The second-order valence-electron chi connectivity index (χ2n) is 9.95. The van der Waals surface area contributed by atoms with Crippen LogP contribution < -0.4 is 10.2 Å². The summed E-state index contributed by atoms with van der Waals surface area (Å²) < 4.78 is 13.5. The molecule has 1 N–H and O–H groups in total. The van der Waals surface area contributed by atoms with Gasteiger partial charge >= 0.3 is 0 Å². The summed E-state index contributed by atoms with van der Waals surface area (Å²) in [7, 11) is 0. The van der Waals surface area contributed by atoms with E-state index in [-0.39, 0.29) is 24.1 Å². The number of halogens is 1. The Kier molecular flexibility index (Phi) is 9.63. The van der Waals surface area contributed by atoms with Gasteiger partial charge in [0.1, 0.15) is 11.9 Å². The van der Waals surface area contributed by atoms with Crippen molar-refractivity contribution in [3.63, 3.8) is 0 Å². The average Bonchev–Trinajstić information content (AvgIpc) is 3.48. The van der Waals surface area contributed by atoms with E-state index < -0.39 is 6.04 Å². The minimum Gasteiger partial charge on any atom is -0.356 e. The van der Waals surface area contributed by atoms with Crippen LogP contribution in [0, 0.1) is 5.82 Å². The van der Waals surface area contributed by atoms with Crippen molar-refractivity contribution in [2.24, 2.45) is 0 Å². The zero-order chi connectivity index (χ0) is 26.2. The molecule has 0 aliphatic carbocycles. The van der Waals surface area contributed by atoms with E-state index in [1.165, 1.54) is 48.5 Å². The van der Waals surface area contributed by atoms with Gasteiger partial charge in [0.15, 0.2) is 5.11 Å². The summed E-state index contributed by atoms with van der Waals surface area (Å²) in [6, 6.07) is 13.7. The van der Waals surface area contributed by atoms with Crippen LogP contribution in [-0.4, -0.2) is 58.9 Å². The number of unbranched alkanes of at least 4 members (excludes halogenated alkanes) is 2. The van der Waals surface area contributed by atoms with Crippen LogP contribution in [0.1, 0.15) is 56.6 Å². The lowest BCUT2D eigenvalue weighted by molar-refractivity contribution is -0.127. The van der Waals surface area contributed by atoms with Gasteiger partial charge in [-0.15, -0.1) is 0 Å². The Morgan fingerprint density at radius 3 is 2.38 bits per heavy atom. The molecule has 6 nitrogen and oxygen atoms in total. The van der Waals surface area contributed by atoms with Crippen LogP contribution in [0.15, 0.2) is 48.5 Å². The summed E-state index contributed by atoms with van der Waals surface area (Å²) in [4.78, 5) is 31.9. The van der Waals surface area contributed by atoms with Gasteiger partial charge in [-0.25, -0.2) is 4.39 Å². The lowest BCUT2D eigenvalue weighted by Crippen LogP contribution is -2.40. The molecular weight excluding hydrogens is 487 g/mol. The van der Waals surface area contributed by atoms with Crippen LogP contribution in [0.3, 0.4) is 0 Å². The van der Waals surface area contributed by atoms with E-state index in [9.17, 15) is 14.0 Å². The van der Waals surface area contributed by atoms with Gasteiger partial charge in [-0.2, -0.15) is 0 Å². The molecule has 1 atom stereocenters. The number of carbonyl (C=O) groups excluding carboxylic acids is 2. The Morgan fingerprint density at radius 1 is 1.03 bits per heavy atom. The second kappa shape index (κ2) is 13.1. The SMILES string of the molecule is CCCCCNC(=O)CC1C(=O)N(c2ccc(F)cc2)C(=S)N1CCc1ccc(CN2CCCC2)cc1. The van der Waals surface area contributed by atoms with E-state index in [2.05, 4.69) is 41.4 Å². The van der Waals surface area contributed by atoms with Crippen LogP contribution in [0.25, 0.3) is 0 Å². The molecule has 2 heterocycles. The fourth-order valence-corrected chi connectivity index (χ4v) is 5.44. The van der Waals surface area contributed by atoms with Gasteiger partial charge in [0.05, 0.1) is 12.1 Å². The van der Waals surface area contributed by atoms with Crippen molar-refractivity contribution in [3.05, 3.63) is 65.5 Å². The monoisotopic (exact) mass is 524 g/mol. The fourth-order valence-electron chi connectivity index (χ4n) is 5.03. The number of amides is 2. The Labute approximate surface area is 224 Å². The van der Waals surface area contributed by atoms with Crippen molar-refractivity contribution >= 4 is 34.8 Å². The second-order valence-corrected chi connectivity index (χ2v) is 10.3. The molecule has 2 aromatic carbocycles. The summed E-state index contributed by atoms with van der Waals surface area (Å²) in [6.07, 6.45) is 6.33. The largest absolute Gasteiger partial charge is 0.356 e. The third-order valence-corrected chi connectivity index (χ3v) is 7.57. The van der Waals surface area contributed by atoms with E-state index in [1.807, 2.05) is 4.90 Å². The predicted molar refractivity (Wildman–Crippen MR) is 149 cm³/mol. The number of carbonyl (C=O) groups is 2. The normalized spacial score (nSPS) is 18.2. The summed E-state index contributed by atoms with van der Waals surface area (Å²) in [5, 5.41) is 3.29. The van der Waals surface area contributed by atoms with Crippen molar-refractivity contribution in [3.8, 4) is 0 Å². The molecule has 2 saturated heterocycles.